The van der Waals surface area contributed by atoms with E-state index in [0.29, 0.717) is 17.2 Å². The van der Waals surface area contributed by atoms with Crippen molar-refractivity contribution in [3.8, 4) is 5.75 Å². The van der Waals surface area contributed by atoms with Crippen LogP contribution in [0.1, 0.15) is 11.1 Å². The van der Waals surface area contributed by atoms with E-state index in [4.69, 9.17) is 16.3 Å². The minimum Gasteiger partial charge on any atom is -0.482 e. The molecule has 1 atom stereocenters. The van der Waals surface area contributed by atoms with Gasteiger partial charge in [-0.3, -0.25) is 9.59 Å². The second-order valence-electron chi connectivity index (χ2n) is 7.33. The molecule has 0 radical (unpaired) electrons. The van der Waals surface area contributed by atoms with Gasteiger partial charge in [0.15, 0.2) is 6.61 Å². The van der Waals surface area contributed by atoms with Gasteiger partial charge in [0.1, 0.15) is 11.8 Å². The molecule has 0 fully saturated rings. The van der Waals surface area contributed by atoms with Crippen LogP contribution >= 0.6 is 43.5 Å². The number of ether oxygens (including phenoxy) is 1. The smallest absolute Gasteiger partial charge is 0.261 e. The zero-order valence-electron chi connectivity index (χ0n) is 17.9. The highest BCUT2D eigenvalue weighted by Gasteiger charge is 2.30. The first-order valence-corrected chi connectivity index (χ1v) is 12.2. The van der Waals surface area contributed by atoms with E-state index >= 15 is 0 Å². The average molecular weight is 595 g/mol. The summed E-state index contributed by atoms with van der Waals surface area (Å²) in [5.41, 5.74) is 1.85. The highest BCUT2D eigenvalue weighted by Crippen LogP contribution is 2.28. The molecule has 3 aromatic rings. The van der Waals surface area contributed by atoms with Gasteiger partial charge < -0.3 is 15.0 Å². The molecule has 2 amide bonds. The van der Waals surface area contributed by atoms with Gasteiger partial charge in [-0.25, -0.2) is 0 Å². The van der Waals surface area contributed by atoms with Crippen molar-refractivity contribution in [3.05, 3.63) is 97.9 Å². The number of amides is 2. The lowest BCUT2D eigenvalue weighted by atomic mass is 10.0. The van der Waals surface area contributed by atoms with Gasteiger partial charge in [0.25, 0.3) is 5.91 Å². The Bertz CT molecular complexity index is 1090. The highest BCUT2D eigenvalue weighted by molar-refractivity contribution is 9.10. The number of likely N-dealkylation sites (N-methyl/N-ethyl adjacent to an activating group) is 1. The molecule has 172 valence electrons. The Hall–Kier alpha value is -2.35. The molecule has 8 heteroatoms. The number of nitrogens with zero attached hydrogens (tertiary/aromatic N) is 1. The number of hydrogen-bond acceptors (Lipinski definition) is 3. The molecule has 3 aromatic carbocycles. The Balaban J connectivity index is 1.87. The van der Waals surface area contributed by atoms with Gasteiger partial charge in [0.05, 0.1) is 5.02 Å². The average Bonchev–Trinajstić information content (AvgIpc) is 2.82. The molecular formula is C25H23Br2ClN2O3. The van der Waals surface area contributed by atoms with Crippen LogP contribution in [0, 0.1) is 0 Å². The topological polar surface area (TPSA) is 58.6 Å². The van der Waals surface area contributed by atoms with Crippen LogP contribution in [0.25, 0.3) is 0 Å². The molecule has 0 aliphatic heterocycles. The lowest BCUT2D eigenvalue weighted by Gasteiger charge is -2.31. The SMILES string of the molecule is CNC(=O)[C@H](Cc1ccccc1)N(Cc1ccc(Br)cc1)C(=O)COc1ccc(Br)cc1Cl. The van der Waals surface area contributed by atoms with Crippen molar-refractivity contribution in [3.63, 3.8) is 0 Å². The molecule has 5 nitrogen and oxygen atoms in total. The number of carbonyl (C=O) groups excluding carboxylic acids is 2. The first-order chi connectivity index (χ1) is 15.9. The van der Waals surface area contributed by atoms with Crippen molar-refractivity contribution >= 4 is 55.3 Å². The molecule has 0 saturated heterocycles. The number of carbonyl (C=O) groups is 2. The molecule has 0 aliphatic rings. The predicted octanol–water partition coefficient (Wildman–Crippen LogP) is 5.63. The van der Waals surface area contributed by atoms with E-state index in [2.05, 4.69) is 37.2 Å². The van der Waals surface area contributed by atoms with E-state index < -0.39 is 6.04 Å². The van der Waals surface area contributed by atoms with Gasteiger partial charge in [0, 0.05) is 29.0 Å². The quantitative estimate of drug-likeness (QED) is 0.350. The molecule has 3 rings (SSSR count). The zero-order valence-corrected chi connectivity index (χ0v) is 21.9. The van der Waals surface area contributed by atoms with Crippen molar-refractivity contribution in [2.24, 2.45) is 0 Å². The van der Waals surface area contributed by atoms with Gasteiger partial charge in [-0.2, -0.15) is 0 Å². The first kappa shape index (κ1) is 25.3. The summed E-state index contributed by atoms with van der Waals surface area (Å²) in [6, 6.07) is 21.7. The third kappa shape index (κ3) is 7.32. The van der Waals surface area contributed by atoms with E-state index in [1.165, 1.54) is 0 Å². The fourth-order valence-corrected chi connectivity index (χ4v) is 4.31. The second kappa shape index (κ2) is 12.2. The Morgan fingerprint density at radius 1 is 0.970 bits per heavy atom. The molecule has 0 saturated carbocycles. The second-order valence-corrected chi connectivity index (χ2v) is 9.57. The summed E-state index contributed by atoms with van der Waals surface area (Å²) in [7, 11) is 1.57. The number of halogens is 3. The monoisotopic (exact) mass is 592 g/mol. The third-order valence-corrected chi connectivity index (χ3v) is 6.35. The molecule has 1 N–H and O–H groups in total. The third-order valence-electron chi connectivity index (χ3n) is 5.03. The first-order valence-electron chi connectivity index (χ1n) is 10.2. The van der Waals surface area contributed by atoms with E-state index in [-0.39, 0.29) is 25.0 Å². The maximum atomic E-state index is 13.4. The van der Waals surface area contributed by atoms with Crippen LogP contribution < -0.4 is 10.1 Å². The maximum absolute atomic E-state index is 13.4. The fourth-order valence-electron chi connectivity index (χ4n) is 3.32. The van der Waals surface area contributed by atoms with Gasteiger partial charge in [-0.1, -0.05) is 85.9 Å². The molecule has 0 aliphatic carbocycles. The number of hydrogen-bond donors (Lipinski definition) is 1. The highest BCUT2D eigenvalue weighted by atomic mass is 79.9. The summed E-state index contributed by atoms with van der Waals surface area (Å²) in [5.74, 6) is -0.163. The number of benzene rings is 3. The summed E-state index contributed by atoms with van der Waals surface area (Å²) in [5, 5.41) is 3.09. The summed E-state index contributed by atoms with van der Waals surface area (Å²) in [6.07, 6.45) is 0.377. The zero-order chi connectivity index (χ0) is 23.8. The molecule has 0 bridgehead atoms. The molecule has 0 unspecified atom stereocenters. The predicted molar refractivity (Wildman–Crippen MR) is 137 cm³/mol. The van der Waals surface area contributed by atoms with Gasteiger partial charge in [-0.05, 0) is 41.5 Å². The summed E-state index contributed by atoms with van der Waals surface area (Å²) >= 11 is 13.0. The molecule has 0 aromatic heterocycles. The standard InChI is InChI=1S/C25H23Br2ClN2O3/c1-29-25(32)22(13-17-5-3-2-4-6-17)30(15-18-7-9-19(26)10-8-18)24(31)16-33-23-12-11-20(27)14-21(23)28/h2-12,14,22H,13,15-16H2,1H3,(H,29,32)/t22-/m0/s1. The Morgan fingerprint density at radius 3 is 2.27 bits per heavy atom. The Morgan fingerprint density at radius 2 is 1.64 bits per heavy atom. The maximum Gasteiger partial charge on any atom is 0.261 e. The number of nitrogens with one attached hydrogen (secondary N) is 1. The van der Waals surface area contributed by atoms with E-state index in [0.717, 1.165) is 20.1 Å². The molecule has 0 heterocycles. The molecular weight excluding hydrogens is 572 g/mol. The summed E-state index contributed by atoms with van der Waals surface area (Å²) in [6.45, 7) is 0.00856. The van der Waals surface area contributed by atoms with E-state index in [9.17, 15) is 9.59 Å². The van der Waals surface area contributed by atoms with Crippen molar-refractivity contribution in [2.45, 2.75) is 19.0 Å². The van der Waals surface area contributed by atoms with Crippen LogP contribution in [-0.4, -0.2) is 36.4 Å². The Labute approximate surface area is 215 Å². The Kier molecular flexibility index (Phi) is 9.35. The minimum atomic E-state index is -0.711. The summed E-state index contributed by atoms with van der Waals surface area (Å²) < 4.78 is 7.47. The van der Waals surface area contributed by atoms with Crippen LogP contribution in [0.4, 0.5) is 0 Å². The largest absolute Gasteiger partial charge is 0.482 e. The van der Waals surface area contributed by atoms with Crippen molar-refractivity contribution in [2.75, 3.05) is 13.7 Å². The van der Waals surface area contributed by atoms with Gasteiger partial charge >= 0.3 is 0 Å². The van der Waals surface area contributed by atoms with Gasteiger partial charge in [-0.15, -0.1) is 0 Å². The van der Waals surface area contributed by atoms with Crippen molar-refractivity contribution < 1.29 is 14.3 Å². The van der Waals surface area contributed by atoms with Gasteiger partial charge in [0.2, 0.25) is 5.91 Å². The normalized spacial score (nSPS) is 11.5. The lowest BCUT2D eigenvalue weighted by molar-refractivity contribution is -0.142. The lowest BCUT2D eigenvalue weighted by Crippen LogP contribution is -2.51. The van der Waals surface area contributed by atoms with Crippen LogP contribution in [0.5, 0.6) is 5.75 Å². The fraction of sp³-hybridized carbons (Fsp3) is 0.200. The minimum absolute atomic E-state index is 0.244. The van der Waals surface area contributed by atoms with Crippen molar-refractivity contribution in [1.29, 1.82) is 0 Å². The van der Waals surface area contributed by atoms with Crippen LogP contribution in [0.15, 0.2) is 81.7 Å². The van der Waals surface area contributed by atoms with Crippen LogP contribution in [0.3, 0.4) is 0 Å². The number of rotatable bonds is 9. The summed E-state index contributed by atoms with van der Waals surface area (Å²) in [4.78, 5) is 27.8. The molecule has 33 heavy (non-hydrogen) atoms. The molecule has 0 spiro atoms. The van der Waals surface area contributed by atoms with Crippen molar-refractivity contribution in [1.82, 2.24) is 10.2 Å². The van der Waals surface area contributed by atoms with E-state index in [1.54, 1.807) is 30.1 Å². The van der Waals surface area contributed by atoms with Crippen LogP contribution in [-0.2, 0) is 22.6 Å². The van der Waals surface area contributed by atoms with E-state index in [1.807, 2.05) is 54.6 Å². The van der Waals surface area contributed by atoms with Crippen LogP contribution in [0.2, 0.25) is 5.02 Å².